The number of aromatic nitrogens is 2. The van der Waals surface area contributed by atoms with Crippen LogP contribution >= 0.6 is 0 Å². The van der Waals surface area contributed by atoms with Gasteiger partial charge in [0.05, 0.1) is 5.69 Å². The van der Waals surface area contributed by atoms with Crippen molar-refractivity contribution in [3.8, 4) is 0 Å². The van der Waals surface area contributed by atoms with Gasteiger partial charge in [-0.05, 0) is 38.5 Å². The third-order valence-corrected chi connectivity index (χ3v) is 3.55. The van der Waals surface area contributed by atoms with Crippen LogP contribution in [0.5, 0.6) is 0 Å². The van der Waals surface area contributed by atoms with E-state index in [1.54, 1.807) is 19.9 Å². The third-order valence-electron chi connectivity index (χ3n) is 3.55. The Kier molecular flexibility index (Phi) is 6.38. The van der Waals surface area contributed by atoms with Gasteiger partial charge in [0.15, 0.2) is 0 Å². The van der Waals surface area contributed by atoms with Crippen LogP contribution in [0.1, 0.15) is 32.3 Å². The van der Waals surface area contributed by atoms with Crippen LogP contribution in [0.25, 0.3) is 11.1 Å². The van der Waals surface area contributed by atoms with Crippen molar-refractivity contribution in [2.75, 3.05) is 0 Å². The van der Waals surface area contributed by atoms with Gasteiger partial charge in [-0.1, -0.05) is 6.58 Å². The molecule has 1 amide bonds. The van der Waals surface area contributed by atoms with Crippen LogP contribution in [0.15, 0.2) is 41.8 Å². The number of nitrogens with two attached hydrogens (primary N) is 2. The molecule has 0 unspecified atom stereocenters. The molecule has 0 aliphatic carbocycles. The van der Waals surface area contributed by atoms with E-state index in [0.717, 1.165) is 17.5 Å². The van der Waals surface area contributed by atoms with Crippen molar-refractivity contribution >= 4 is 29.0 Å². The second-order valence-electron chi connectivity index (χ2n) is 5.74. The molecular weight excluding hydrogens is 316 g/mol. The lowest BCUT2D eigenvalue weighted by Gasteiger charge is -2.09. The molecule has 0 bridgehead atoms. The number of rotatable bonds is 7. The van der Waals surface area contributed by atoms with Gasteiger partial charge in [-0.15, -0.1) is 0 Å². The Morgan fingerprint density at radius 1 is 1.28 bits per heavy atom. The largest absolute Gasteiger partial charge is 0.398 e. The molecule has 0 aliphatic rings. The summed E-state index contributed by atoms with van der Waals surface area (Å²) in [4.78, 5) is 15.7. The summed E-state index contributed by atoms with van der Waals surface area (Å²) >= 11 is 0. The summed E-state index contributed by atoms with van der Waals surface area (Å²) in [7, 11) is 1.84. The normalized spacial score (nSPS) is 13.3. The van der Waals surface area contributed by atoms with Crippen molar-refractivity contribution in [2.24, 2.45) is 18.5 Å². The van der Waals surface area contributed by atoms with E-state index in [1.807, 2.05) is 24.7 Å². The number of hydrogen-bond donors (Lipinski definition) is 4. The molecule has 1 heterocycles. The number of carbonyl (C=O) groups excluding carboxylic acids is 1. The van der Waals surface area contributed by atoms with Gasteiger partial charge in [-0.2, -0.15) is 0 Å². The Labute approximate surface area is 147 Å². The van der Waals surface area contributed by atoms with Crippen molar-refractivity contribution in [3.05, 3.63) is 53.3 Å². The van der Waals surface area contributed by atoms with E-state index in [1.165, 1.54) is 6.08 Å². The minimum atomic E-state index is -0.674. The maximum atomic E-state index is 11.1. The SMILES string of the molecule is C=C(/C=C(N)\C(C=N)=C(/C)c1nc(/C(C)=C/C(C)=N)cn1C)C(N)=O. The molecule has 0 spiro atoms. The standard InChI is InChI=1S/C18H24N6O/c1-10(6-12(3)20)16-9-24(5)18(23-16)13(4)14(8-19)15(21)7-11(2)17(22)25/h6-9,19-20H,2,21H2,1,3-5H3,(H2,22,25)/b10-6+,14-13+,15-7+,19-8?,20-12?. The maximum Gasteiger partial charge on any atom is 0.248 e. The van der Waals surface area contributed by atoms with Crippen LogP contribution in [-0.2, 0) is 11.8 Å². The highest BCUT2D eigenvalue weighted by Crippen LogP contribution is 2.22. The van der Waals surface area contributed by atoms with Crippen LogP contribution in [0.3, 0.4) is 0 Å². The molecule has 0 radical (unpaired) electrons. The first-order chi connectivity index (χ1) is 11.6. The average Bonchev–Trinajstić information content (AvgIpc) is 2.89. The van der Waals surface area contributed by atoms with Gasteiger partial charge in [-0.3, -0.25) is 4.79 Å². The Morgan fingerprint density at radius 2 is 1.88 bits per heavy atom. The highest BCUT2D eigenvalue weighted by atomic mass is 16.1. The summed E-state index contributed by atoms with van der Waals surface area (Å²) < 4.78 is 1.82. The van der Waals surface area contributed by atoms with Gasteiger partial charge in [0, 0.05) is 47.6 Å². The number of allylic oxidation sites excluding steroid dienone is 4. The second kappa shape index (κ2) is 8.05. The summed E-state index contributed by atoms with van der Waals surface area (Å²) in [6.07, 6.45) is 6.03. The number of hydrogen-bond acceptors (Lipinski definition) is 5. The predicted octanol–water partition coefficient (Wildman–Crippen LogP) is 2.17. The van der Waals surface area contributed by atoms with Gasteiger partial charge < -0.3 is 26.9 Å². The molecule has 0 saturated carbocycles. The molecule has 0 fully saturated rings. The summed E-state index contributed by atoms with van der Waals surface area (Å²) in [6.45, 7) is 8.91. The highest BCUT2D eigenvalue weighted by molar-refractivity contribution is 5.98. The molecule has 0 aliphatic heterocycles. The summed E-state index contributed by atoms with van der Waals surface area (Å²) in [5.74, 6) is -0.0445. The van der Waals surface area contributed by atoms with Crippen molar-refractivity contribution in [2.45, 2.75) is 20.8 Å². The molecule has 132 valence electrons. The fourth-order valence-electron chi connectivity index (χ4n) is 2.27. The van der Waals surface area contributed by atoms with E-state index in [9.17, 15) is 4.79 Å². The monoisotopic (exact) mass is 340 g/mol. The Bertz CT molecular complexity index is 836. The van der Waals surface area contributed by atoms with Crippen molar-refractivity contribution in [1.29, 1.82) is 10.8 Å². The Balaban J connectivity index is 3.42. The number of imidazole rings is 1. The molecule has 1 aromatic rings. The number of nitrogens with zero attached hydrogens (tertiary/aromatic N) is 2. The predicted molar refractivity (Wildman–Crippen MR) is 102 cm³/mol. The topological polar surface area (TPSA) is 135 Å². The fourth-order valence-corrected chi connectivity index (χ4v) is 2.27. The number of amides is 1. The van der Waals surface area contributed by atoms with E-state index < -0.39 is 5.91 Å². The smallest absolute Gasteiger partial charge is 0.248 e. The molecule has 1 rings (SSSR count). The first-order valence-corrected chi connectivity index (χ1v) is 7.53. The molecule has 0 saturated heterocycles. The maximum absolute atomic E-state index is 11.1. The lowest BCUT2D eigenvalue weighted by Crippen LogP contribution is -2.14. The third kappa shape index (κ3) is 4.87. The molecule has 6 N–H and O–H groups in total. The zero-order valence-electron chi connectivity index (χ0n) is 15.0. The van der Waals surface area contributed by atoms with Gasteiger partial charge in [0.25, 0.3) is 0 Å². The zero-order valence-corrected chi connectivity index (χ0v) is 15.0. The first-order valence-electron chi connectivity index (χ1n) is 7.53. The van der Waals surface area contributed by atoms with Crippen LogP contribution in [0.4, 0.5) is 0 Å². The number of primary amides is 1. The average molecular weight is 340 g/mol. The first kappa shape index (κ1) is 19.8. The minimum absolute atomic E-state index is 0.0606. The lowest BCUT2D eigenvalue weighted by molar-refractivity contribution is -0.114. The van der Waals surface area contributed by atoms with Crippen LogP contribution in [-0.4, -0.2) is 27.4 Å². The van der Waals surface area contributed by atoms with Crippen LogP contribution in [0, 0.1) is 10.8 Å². The van der Waals surface area contributed by atoms with Gasteiger partial charge in [0.2, 0.25) is 5.91 Å². The van der Waals surface area contributed by atoms with Crippen molar-refractivity contribution < 1.29 is 4.79 Å². The highest BCUT2D eigenvalue weighted by Gasteiger charge is 2.13. The molecule has 0 aromatic carbocycles. The number of aryl methyl sites for hydroxylation is 1. The van der Waals surface area contributed by atoms with Gasteiger partial charge in [0.1, 0.15) is 5.82 Å². The van der Waals surface area contributed by atoms with E-state index in [0.29, 0.717) is 22.7 Å². The van der Waals surface area contributed by atoms with Crippen molar-refractivity contribution in [3.63, 3.8) is 0 Å². The molecule has 1 aromatic heterocycles. The summed E-state index contributed by atoms with van der Waals surface area (Å²) in [5.41, 5.74) is 14.6. The zero-order chi connectivity index (χ0) is 19.3. The molecule has 25 heavy (non-hydrogen) atoms. The number of carbonyl (C=O) groups is 1. The van der Waals surface area contributed by atoms with Crippen LogP contribution in [0.2, 0.25) is 0 Å². The molecule has 0 atom stereocenters. The van der Waals surface area contributed by atoms with Crippen LogP contribution < -0.4 is 11.5 Å². The Morgan fingerprint density at radius 3 is 2.36 bits per heavy atom. The van der Waals surface area contributed by atoms with Gasteiger partial charge in [-0.25, -0.2) is 4.98 Å². The van der Waals surface area contributed by atoms with E-state index in [2.05, 4.69) is 11.6 Å². The summed E-state index contributed by atoms with van der Waals surface area (Å²) in [6, 6.07) is 0. The Hall–Kier alpha value is -3.22. The molecular formula is C18H24N6O. The van der Waals surface area contributed by atoms with Gasteiger partial charge >= 0.3 is 0 Å². The second-order valence-corrected chi connectivity index (χ2v) is 5.74. The lowest BCUT2D eigenvalue weighted by atomic mass is 10.0. The minimum Gasteiger partial charge on any atom is -0.398 e. The van der Waals surface area contributed by atoms with E-state index in [4.69, 9.17) is 22.3 Å². The van der Waals surface area contributed by atoms with Crippen molar-refractivity contribution in [1.82, 2.24) is 9.55 Å². The summed E-state index contributed by atoms with van der Waals surface area (Å²) in [5, 5.41) is 15.2. The molecule has 7 heteroatoms. The van der Waals surface area contributed by atoms with E-state index in [-0.39, 0.29) is 11.3 Å². The quantitative estimate of drug-likeness (QED) is 0.344. The van der Waals surface area contributed by atoms with E-state index >= 15 is 0 Å². The number of nitrogens with one attached hydrogen (secondary N) is 2. The molecule has 7 nitrogen and oxygen atoms in total. The fraction of sp³-hybridized carbons (Fsp3) is 0.222.